The molecule has 1 atom stereocenters. The fourth-order valence-corrected chi connectivity index (χ4v) is 2.09. The highest BCUT2D eigenvalue weighted by Gasteiger charge is 2.28. The maximum absolute atomic E-state index is 12.2. The van der Waals surface area contributed by atoms with Crippen LogP contribution in [0.15, 0.2) is 0 Å². The van der Waals surface area contributed by atoms with Gasteiger partial charge >= 0.3 is 0 Å². The first-order chi connectivity index (χ1) is 8.00. The Bertz CT molecular complexity index is 466. The van der Waals surface area contributed by atoms with Crippen molar-refractivity contribution in [1.29, 1.82) is 0 Å². The summed E-state index contributed by atoms with van der Waals surface area (Å²) in [7, 11) is 1.61. The lowest BCUT2D eigenvalue weighted by Crippen LogP contribution is -2.34. The normalized spacial score (nSPS) is 19.6. The second-order valence-electron chi connectivity index (χ2n) is 4.30. The Morgan fingerprint density at radius 1 is 1.53 bits per heavy atom. The first-order valence-electron chi connectivity index (χ1n) is 5.57. The van der Waals surface area contributed by atoms with Gasteiger partial charge in [-0.3, -0.25) is 14.3 Å². The molecule has 0 aromatic carbocycles. The fourth-order valence-electron chi connectivity index (χ4n) is 2.09. The van der Waals surface area contributed by atoms with Crippen LogP contribution in [-0.2, 0) is 7.05 Å². The van der Waals surface area contributed by atoms with Crippen LogP contribution in [0.4, 0.5) is 0 Å². The Hall–Kier alpha value is -1.85. The number of aromatic nitrogens is 2. The van der Waals surface area contributed by atoms with Crippen molar-refractivity contribution in [2.45, 2.75) is 25.8 Å². The molecule has 0 saturated carbocycles. The van der Waals surface area contributed by atoms with Crippen LogP contribution in [0.25, 0.3) is 0 Å². The van der Waals surface area contributed by atoms with E-state index in [2.05, 4.69) is 11.2 Å². The van der Waals surface area contributed by atoms with E-state index in [1.807, 2.05) is 6.92 Å². The molecule has 1 aliphatic heterocycles. The molecular formula is C11H15N4O2. The number of carbonyl (C=O) groups is 2. The van der Waals surface area contributed by atoms with Gasteiger partial charge in [-0.15, -0.1) is 0 Å². The van der Waals surface area contributed by atoms with Gasteiger partial charge in [-0.05, 0) is 19.8 Å². The van der Waals surface area contributed by atoms with Crippen LogP contribution >= 0.6 is 0 Å². The first kappa shape index (κ1) is 11.6. The van der Waals surface area contributed by atoms with Crippen LogP contribution in [0.1, 0.15) is 40.7 Å². The molecule has 1 saturated heterocycles. The number of rotatable bonds is 2. The third-order valence-electron chi connectivity index (χ3n) is 3.06. The number of nitrogens with two attached hydrogens (primary N) is 1. The topological polar surface area (TPSA) is 81.2 Å². The smallest absolute Gasteiger partial charge is 0.273 e. The Balaban J connectivity index is 2.27. The number of hydrogen-bond donors (Lipinski definition) is 1. The van der Waals surface area contributed by atoms with E-state index in [0.29, 0.717) is 0 Å². The lowest BCUT2D eigenvalue weighted by Gasteiger charge is -2.20. The summed E-state index contributed by atoms with van der Waals surface area (Å²) in [5, 5.41) is 3.87. The molecule has 1 aromatic rings. The van der Waals surface area contributed by atoms with E-state index >= 15 is 0 Å². The minimum Gasteiger partial charge on any atom is -0.364 e. The first-order valence-corrected chi connectivity index (χ1v) is 5.57. The molecule has 1 aromatic heterocycles. The van der Waals surface area contributed by atoms with Gasteiger partial charge in [-0.1, -0.05) is 0 Å². The second kappa shape index (κ2) is 4.20. The van der Waals surface area contributed by atoms with E-state index in [9.17, 15) is 9.59 Å². The van der Waals surface area contributed by atoms with Crippen LogP contribution in [-0.4, -0.2) is 39.1 Å². The third kappa shape index (κ3) is 2.02. The van der Waals surface area contributed by atoms with Gasteiger partial charge in [0.25, 0.3) is 11.8 Å². The summed E-state index contributed by atoms with van der Waals surface area (Å²) in [5.41, 5.74) is 5.39. The van der Waals surface area contributed by atoms with Crippen LogP contribution < -0.4 is 5.73 Å². The minimum atomic E-state index is -0.672. The van der Waals surface area contributed by atoms with Crippen LogP contribution in [0.2, 0.25) is 0 Å². The zero-order valence-corrected chi connectivity index (χ0v) is 9.93. The maximum atomic E-state index is 12.2. The van der Waals surface area contributed by atoms with Crippen molar-refractivity contribution in [3.63, 3.8) is 0 Å². The molecule has 6 nitrogen and oxygen atoms in total. The molecule has 17 heavy (non-hydrogen) atoms. The molecule has 2 amide bonds. The second-order valence-corrected chi connectivity index (χ2v) is 4.30. The number of carbonyl (C=O) groups excluding carboxylic acids is 2. The van der Waals surface area contributed by atoms with Crippen molar-refractivity contribution in [2.75, 3.05) is 6.54 Å². The van der Waals surface area contributed by atoms with E-state index in [1.54, 1.807) is 11.9 Å². The van der Waals surface area contributed by atoms with Crippen molar-refractivity contribution in [1.82, 2.24) is 14.7 Å². The van der Waals surface area contributed by atoms with Gasteiger partial charge in [0.1, 0.15) is 5.69 Å². The van der Waals surface area contributed by atoms with Crippen molar-refractivity contribution in [3.05, 3.63) is 17.5 Å². The third-order valence-corrected chi connectivity index (χ3v) is 3.06. The molecule has 91 valence electrons. The molecule has 1 fully saturated rings. The Labute approximate surface area is 99.4 Å². The van der Waals surface area contributed by atoms with Gasteiger partial charge in [0.15, 0.2) is 5.69 Å². The minimum absolute atomic E-state index is 0.00250. The van der Waals surface area contributed by atoms with Gasteiger partial charge in [0.2, 0.25) is 0 Å². The zero-order chi connectivity index (χ0) is 12.6. The molecule has 1 aliphatic rings. The molecule has 0 bridgehead atoms. The largest absolute Gasteiger partial charge is 0.364 e. The summed E-state index contributed by atoms with van der Waals surface area (Å²) in [4.78, 5) is 24.9. The standard InChI is InChI=1S/C11H15N4O2/c1-7-4-3-5-15(7)11(17)9-6-8(10(12)16)13-14(9)2/h7H,3-5H2,1-2H3,(H2,12,16). The molecule has 0 spiro atoms. The van der Waals surface area contributed by atoms with Gasteiger partial charge in [0.05, 0.1) is 6.07 Å². The summed E-state index contributed by atoms with van der Waals surface area (Å²) in [6.45, 7) is 2.75. The SMILES string of the molecule is CC1CCCN1C(=O)c1[c]c(C(N)=O)nn1C. The zero-order valence-electron chi connectivity index (χ0n) is 9.93. The number of primary amides is 1. The Kier molecular flexibility index (Phi) is 2.87. The number of likely N-dealkylation sites (tertiary alicyclic amines) is 1. The van der Waals surface area contributed by atoms with Gasteiger partial charge < -0.3 is 10.6 Å². The molecule has 2 heterocycles. The van der Waals surface area contributed by atoms with E-state index in [1.165, 1.54) is 4.68 Å². The van der Waals surface area contributed by atoms with Crippen molar-refractivity contribution < 1.29 is 9.59 Å². The predicted molar refractivity (Wildman–Crippen MR) is 60.3 cm³/mol. The summed E-state index contributed by atoms with van der Waals surface area (Å²) >= 11 is 0. The van der Waals surface area contributed by atoms with Crippen LogP contribution in [0.3, 0.4) is 0 Å². The van der Waals surface area contributed by atoms with E-state index in [-0.39, 0.29) is 23.3 Å². The lowest BCUT2D eigenvalue weighted by atomic mass is 10.2. The number of hydrogen-bond acceptors (Lipinski definition) is 3. The molecule has 0 aliphatic carbocycles. The van der Waals surface area contributed by atoms with Crippen molar-refractivity contribution in [3.8, 4) is 0 Å². The summed E-state index contributed by atoms with van der Waals surface area (Å²) in [6.07, 6.45) is 2.01. The highest BCUT2D eigenvalue weighted by Crippen LogP contribution is 2.19. The number of aryl methyl sites for hydroxylation is 1. The fraction of sp³-hybridized carbons (Fsp3) is 0.545. The van der Waals surface area contributed by atoms with Gasteiger partial charge in [0, 0.05) is 19.6 Å². The highest BCUT2D eigenvalue weighted by molar-refractivity contribution is 5.97. The van der Waals surface area contributed by atoms with E-state index in [4.69, 9.17) is 5.73 Å². The summed E-state index contributed by atoms with van der Waals surface area (Å²) in [6, 6.07) is 2.89. The number of amides is 2. The monoisotopic (exact) mass is 235 g/mol. The van der Waals surface area contributed by atoms with Crippen molar-refractivity contribution >= 4 is 11.8 Å². The molecule has 2 N–H and O–H groups in total. The molecule has 1 unspecified atom stereocenters. The van der Waals surface area contributed by atoms with Gasteiger partial charge in [-0.2, -0.15) is 5.10 Å². The average Bonchev–Trinajstić information content (AvgIpc) is 2.83. The molecule has 2 rings (SSSR count). The quantitative estimate of drug-likeness (QED) is 0.780. The average molecular weight is 235 g/mol. The Morgan fingerprint density at radius 2 is 2.24 bits per heavy atom. The van der Waals surface area contributed by atoms with Crippen LogP contribution in [0, 0.1) is 6.07 Å². The van der Waals surface area contributed by atoms with E-state index < -0.39 is 5.91 Å². The van der Waals surface area contributed by atoms with E-state index in [0.717, 1.165) is 19.4 Å². The predicted octanol–water partition coefficient (Wildman–Crippen LogP) is -0.0563. The number of nitrogens with zero attached hydrogens (tertiary/aromatic N) is 3. The summed E-state index contributed by atoms with van der Waals surface area (Å²) < 4.78 is 1.35. The summed E-state index contributed by atoms with van der Waals surface area (Å²) in [5.74, 6) is -0.813. The van der Waals surface area contributed by atoms with Crippen molar-refractivity contribution in [2.24, 2.45) is 12.8 Å². The molecule has 6 heteroatoms. The molecule has 1 radical (unpaired) electrons. The Morgan fingerprint density at radius 3 is 2.71 bits per heavy atom. The molecular weight excluding hydrogens is 220 g/mol. The maximum Gasteiger partial charge on any atom is 0.273 e. The highest BCUT2D eigenvalue weighted by atomic mass is 16.2. The van der Waals surface area contributed by atoms with Gasteiger partial charge in [-0.25, -0.2) is 0 Å². The lowest BCUT2D eigenvalue weighted by molar-refractivity contribution is 0.0736. The van der Waals surface area contributed by atoms with Crippen LogP contribution in [0.5, 0.6) is 0 Å².